The van der Waals surface area contributed by atoms with Crippen LogP contribution in [0, 0.1) is 6.92 Å². The lowest BCUT2D eigenvalue weighted by Crippen LogP contribution is -2.53. The fourth-order valence-electron chi connectivity index (χ4n) is 4.08. The first kappa shape index (κ1) is 14.3. The Labute approximate surface area is 145 Å². The number of aryl methyl sites for hydroxylation is 1. The van der Waals surface area contributed by atoms with Crippen LogP contribution in [0.5, 0.6) is 0 Å². The zero-order valence-corrected chi connectivity index (χ0v) is 14.2. The summed E-state index contributed by atoms with van der Waals surface area (Å²) in [4.78, 5) is 15.4. The van der Waals surface area contributed by atoms with E-state index in [0.717, 1.165) is 33.9 Å². The maximum absolute atomic E-state index is 13.6. The molecular formula is C20H18N4O. The van der Waals surface area contributed by atoms with E-state index in [1.54, 1.807) is 0 Å². The van der Waals surface area contributed by atoms with Crippen LogP contribution < -0.4 is 10.2 Å². The molecule has 0 bridgehead atoms. The molecule has 3 heterocycles. The Morgan fingerprint density at radius 2 is 1.88 bits per heavy atom. The van der Waals surface area contributed by atoms with Crippen LogP contribution in [0.3, 0.4) is 0 Å². The first-order chi connectivity index (χ1) is 12.2. The van der Waals surface area contributed by atoms with Gasteiger partial charge in [0, 0.05) is 23.4 Å². The number of nitrogens with zero attached hydrogens (tertiary/aromatic N) is 3. The van der Waals surface area contributed by atoms with Gasteiger partial charge in [0.05, 0.1) is 17.1 Å². The van der Waals surface area contributed by atoms with Crippen molar-refractivity contribution in [1.82, 2.24) is 9.78 Å². The Morgan fingerprint density at radius 3 is 2.72 bits per heavy atom. The molecule has 1 amide bonds. The third kappa shape index (κ3) is 1.62. The number of fused-ring (bicyclic) bond motifs is 6. The predicted molar refractivity (Wildman–Crippen MR) is 97.6 cm³/mol. The van der Waals surface area contributed by atoms with E-state index in [2.05, 4.69) is 11.4 Å². The third-order valence-corrected chi connectivity index (χ3v) is 5.12. The van der Waals surface area contributed by atoms with E-state index in [1.165, 1.54) is 0 Å². The minimum absolute atomic E-state index is 0.00931. The molecule has 0 radical (unpaired) electrons. The van der Waals surface area contributed by atoms with Gasteiger partial charge in [0.15, 0.2) is 0 Å². The Balaban J connectivity index is 1.87. The van der Waals surface area contributed by atoms with Crippen LogP contribution in [0.25, 0.3) is 11.3 Å². The molecular weight excluding hydrogens is 312 g/mol. The summed E-state index contributed by atoms with van der Waals surface area (Å²) in [7, 11) is 0. The van der Waals surface area contributed by atoms with Crippen molar-refractivity contribution in [3.63, 3.8) is 0 Å². The number of nitrogens with one attached hydrogen (secondary N) is 1. The number of likely N-dealkylation sites (N-methyl/N-ethyl adjacent to an activating group) is 1. The Morgan fingerprint density at radius 1 is 1.12 bits per heavy atom. The standard InChI is InChI=1S/C20H18N4O/c1-3-23-17-11-7-5-9-15(17)20(19(23)25)21-16-10-6-4-8-14(16)18-12-13(2)22-24(18)20/h4-12,21H,3H2,1-2H3/t20-/m0/s1. The molecule has 2 aromatic carbocycles. The monoisotopic (exact) mass is 330 g/mol. The second-order valence-electron chi connectivity index (χ2n) is 6.53. The van der Waals surface area contributed by atoms with Crippen molar-refractivity contribution >= 4 is 17.3 Å². The van der Waals surface area contributed by atoms with E-state index in [4.69, 9.17) is 5.10 Å². The van der Waals surface area contributed by atoms with Gasteiger partial charge in [-0.25, -0.2) is 4.68 Å². The minimum atomic E-state index is -1.02. The topological polar surface area (TPSA) is 50.2 Å². The summed E-state index contributed by atoms with van der Waals surface area (Å²) in [6, 6.07) is 18.1. The highest BCUT2D eigenvalue weighted by molar-refractivity contribution is 6.10. The minimum Gasteiger partial charge on any atom is -0.349 e. The Hall–Kier alpha value is -3.08. The second kappa shape index (κ2) is 4.72. The number of carbonyl (C=O) groups is 1. The van der Waals surface area contributed by atoms with E-state index in [-0.39, 0.29) is 5.91 Å². The number of hydrogen-bond donors (Lipinski definition) is 1. The average Bonchev–Trinajstić information content (AvgIpc) is 3.13. The fourth-order valence-corrected chi connectivity index (χ4v) is 4.08. The van der Waals surface area contributed by atoms with Crippen LogP contribution in [0.4, 0.5) is 11.4 Å². The zero-order valence-electron chi connectivity index (χ0n) is 14.2. The zero-order chi connectivity index (χ0) is 17.2. The molecule has 0 saturated heterocycles. The van der Waals surface area contributed by atoms with Gasteiger partial charge >= 0.3 is 0 Å². The van der Waals surface area contributed by atoms with Gasteiger partial charge in [-0.2, -0.15) is 5.10 Å². The van der Waals surface area contributed by atoms with E-state index < -0.39 is 5.66 Å². The lowest BCUT2D eigenvalue weighted by atomic mass is 9.95. The molecule has 0 unspecified atom stereocenters. The molecule has 0 saturated carbocycles. The van der Waals surface area contributed by atoms with Crippen molar-refractivity contribution in [3.05, 3.63) is 65.9 Å². The summed E-state index contributed by atoms with van der Waals surface area (Å²) in [5.41, 5.74) is 4.75. The lowest BCUT2D eigenvalue weighted by Gasteiger charge is -2.37. The van der Waals surface area contributed by atoms with Crippen molar-refractivity contribution in [1.29, 1.82) is 0 Å². The third-order valence-electron chi connectivity index (χ3n) is 5.12. The van der Waals surface area contributed by atoms with Gasteiger partial charge in [-0.1, -0.05) is 36.4 Å². The van der Waals surface area contributed by atoms with Crippen molar-refractivity contribution in [2.24, 2.45) is 0 Å². The van der Waals surface area contributed by atoms with Crippen LogP contribution >= 0.6 is 0 Å². The molecule has 1 atom stereocenters. The SMILES string of the molecule is CCN1C(=O)[C@]2(Nc3ccccc3-c3cc(C)nn32)c2ccccc21. The van der Waals surface area contributed by atoms with E-state index in [9.17, 15) is 4.79 Å². The van der Waals surface area contributed by atoms with Crippen molar-refractivity contribution in [2.45, 2.75) is 19.5 Å². The Kier molecular flexibility index (Phi) is 2.70. The highest BCUT2D eigenvalue weighted by Crippen LogP contribution is 2.48. The van der Waals surface area contributed by atoms with Gasteiger partial charge in [-0.3, -0.25) is 4.79 Å². The van der Waals surface area contributed by atoms with Crippen LogP contribution in [0.1, 0.15) is 18.2 Å². The number of aromatic nitrogens is 2. The van der Waals surface area contributed by atoms with Crippen molar-refractivity contribution in [3.8, 4) is 11.3 Å². The number of hydrogen-bond acceptors (Lipinski definition) is 3. The number of para-hydroxylation sites is 2. The molecule has 0 aliphatic carbocycles. The molecule has 2 aliphatic heterocycles. The summed E-state index contributed by atoms with van der Waals surface area (Å²) in [5.74, 6) is 0.00931. The normalized spacial score (nSPS) is 20.2. The molecule has 25 heavy (non-hydrogen) atoms. The second-order valence-corrected chi connectivity index (χ2v) is 6.53. The fraction of sp³-hybridized carbons (Fsp3) is 0.200. The van der Waals surface area contributed by atoms with Gasteiger partial charge < -0.3 is 10.2 Å². The molecule has 1 aromatic heterocycles. The number of anilines is 2. The Bertz CT molecular complexity index is 1020. The van der Waals surface area contributed by atoms with Gasteiger partial charge in [-0.15, -0.1) is 0 Å². The summed E-state index contributed by atoms with van der Waals surface area (Å²) >= 11 is 0. The number of amides is 1. The molecule has 5 nitrogen and oxygen atoms in total. The highest BCUT2D eigenvalue weighted by Gasteiger charge is 2.55. The summed E-state index contributed by atoms with van der Waals surface area (Å²) in [5, 5.41) is 8.23. The molecule has 3 aromatic rings. The van der Waals surface area contributed by atoms with E-state index >= 15 is 0 Å². The first-order valence-corrected chi connectivity index (χ1v) is 8.53. The van der Waals surface area contributed by atoms with E-state index in [0.29, 0.717) is 6.54 Å². The lowest BCUT2D eigenvalue weighted by molar-refractivity contribution is -0.123. The molecule has 2 aliphatic rings. The summed E-state index contributed by atoms with van der Waals surface area (Å²) in [6.07, 6.45) is 0. The van der Waals surface area contributed by atoms with Gasteiger partial charge in [0.1, 0.15) is 0 Å². The summed E-state index contributed by atoms with van der Waals surface area (Å²) in [6.45, 7) is 4.58. The number of benzene rings is 2. The molecule has 0 fully saturated rings. The maximum Gasteiger partial charge on any atom is 0.280 e. The van der Waals surface area contributed by atoms with Crippen molar-refractivity contribution in [2.75, 3.05) is 16.8 Å². The molecule has 1 N–H and O–H groups in total. The molecule has 5 heteroatoms. The first-order valence-electron chi connectivity index (χ1n) is 8.53. The van der Waals surface area contributed by atoms with Gasteiger partial charge in [-0.05, 0) is 32.0 Å². The van der Waals surface area contributed by atoms with Crippen LogP contribution in [0.15, 0.2) is 54.6 Å². The largest absolute Gasteiger partial charge is 0.349 e. The van der Waals surface area contributed by atoms with Crippen LogP contribution in [-0.2, 0) is 10.5 Å². The van der Waals surface area contributed by atoms with E-state index in [1.807, 2.05) is 72.0 Å². The van der Waals surface area contributed by atoms with Crippen LogP contribution in [-0.4, -0.2) is 22.2 Å². The molecule has 5 rings (SSSR count). The average molecular weight is 330 g/mol. The maximum atomic E-state index is 13.6. The van der Waals surface area contributed by atoms with Crippen LogP contribution in [0.2, 0.25) is 0 Å². The number of rotatable bonds is 1. The van der Waals surface area contributed by atoms with Gasteiger partial charge in [0.2, 0.25) is 5.66 Å². The predicted octanol–water partition coefficient (Wildman–Crippen LogP) is 3.35. The smallest absolute Gasteiger partial charge is 0.280 e. The number of carbonyl (C=O) groups excluding carboxylic acids is 1. The van der Waals surface area contributed by atoms with Crippen molar-refractivity contribution < 1.29 is 4.79 Å². The van der Waals surface area contributed by atoms with Gasteiger partial charge in [0.25, 0.3) is 5.91 Å². The quantitative estimate of drug-likeness (QED) is 0.744. The summed E-state index contributed by atoms with van der Waals surface area (Å²) < 4.78 is 1.86. The molecule has 124 valence electrons. The molecule has 1 spiro atoms. The highest BCUT2D eigenvalue weighted by atomic mass is 16.2.